The van der Waals surface area contributed by atoms with Gasteiger partial charge in [0.1, 0.15) is 5.69 Å². The number of nitrogens with zero attached hydrogens (tertiary/aromatic N) is 4. The van der Waals surface area contributed by atoms with E-state index in [0.717, 1.165) is 80.8 Å². The Morgan fingerprint density at radius 1 is 1.06 bits per heavy atom. The summed E-state index contributed by atoms with van der Waals surface area (Å²) in [5.74, 6) is 0.121. The van der Waals surface area contributed by atoms with E-state index in [4.69, 9.17) is 10.4 Å². The van der Waals surface area contributed by atoms with E-state index in [-0.39, 0.29) is 5.91 Å². The van der Waals surface area contributed by atoms with Gasteiger partial charge in [0.25, 0.3) is 5.91 Å². The van der Waals surface area contributed by atoms with Gasteiger partial charge >= 0.3 is 0 Å². The molecule has 1 amide bonds. The molecule has 0 spiro atoms. The molecular formula is C28H31N5O. The van der Waals surface area contributed by atoms with Crippen LogP contribution in [0.1, 0.15) is 58.6 Å². The summed E-state index contributed by atoms with van der Waals surface area (Å²) in [4.78, 5) is 15.7. The van der Waals surface area contributed by atoms with Gasteiger partial charge in [-0.2, -0.15) is 10.4 Å². The molecule has 3 aromatic rings. The number of nitrogens with one attached hydrogen (secondary N) is 1. The number of hydrogen-bond acceptors (Lipinski definition) is 4. The van der Waals surface area contributed by atoms with Crippen LogP contribution < -0.4 is 5.32 Å². The number of benzene rings is 2. The maximum absolute atomic E-state index is 13.7. The lowest BCUT2D eigenvalue weighted by Crippen LogP contribution is -2.39. The third kappa shape index (κ3) is 4.76. The molecule has 6 heteroatoms. The molecule has 1 N–H and O–H groups in total. The molecule has 0 saturated carbocycles. The molecule has 1 fully saturated rings. The second-order valence-corrected chi connectivity index (χ2v) is 9.33. The van der Waals surface area contributed by atoms with Gasteiger partial charge < -0.3 is 10.2 Å². The number of aromatic nitrogens is 2. The van der Waals surface area contributed by atoms with Crippen LogP contribution in [0.25, 0.3) is 5.69 Å². The molecule has 1 aromatic heterocycles. The molecule has 0 radical (unpaired) electrons. The lowest BCUT2D eigenvalue weighted by molar-refractivity contribution is 0.0713. The van der Waals surface area contributed by atoms with Gasteiger partial charge in [-0.25, -0.2) is 4.68 Å². The van der Waals surface area contributed by atoms with E-state index in [1.54, 1.807) is 0 Å². The minimum Gasteiger partial charge on any atom is -0.337 e. The normalized spacial score (nSPS) is 17.7. The summed E-state index contributed by atoms with van der Waals surface area (Å²) in [5.41, 5.74) is 5.79. The van der Waals surface area contributed by atoms with Crippen molar-refractivity contribution in [2.24, 2.45) is 0 Å². The standard InChI is InChI=1S/C28H31N5O/c29-20-22-11-9-21(10-12-22)15-16-30-23-13-14-26-25(19-23)27(28(34)32-17-5-2-6-18-32)33(31-26)24-7-3-1-4-8-24/h1,3-4,7-12,23,30H,2,5-6,13-19H2. The minimum atomic E-state index is 0.121. The van der Waals surface area contributed by atoms with Crippen molar-refractivity contribution in [2.45, 2.75) is 51.0 Å². The van der Waals surface area contributed by atoms with Crippen molar-refractivity contribution in [2.75, 3.05) is 19.6 Å². The second-order valence-electron chi connectivity index (χ2n) is 9.33. The monoisotopic (exact) mass is 453 g/mol. The van der Waals surface area contributed by atoms with E-state index >= 15 is 0 Å². The molecular weight excluding hydrogens is 422 g/mol. The summed E-state index contributed by atoms with van der Waals surface area (Å²) in [6, 6.07) is 20.3. The lowest BCUT2D eigenvalue weighted by atomic mass is 9.91. The molecule has 1 saturated heterocycles. The van der Waals surface area contributed by atoms with Crippen molar-refractivity contribution in [3.63, 3.8) is 0 Å². The van der Waals surface area contributed by atoms with Gasteiger partial charge in [0.2, 0.25) is 0 Å². The maximum Gasteiger partial charge on any atom is 0.272 e. The predicted octanol–water partition coefficient (Wildman–Crippen LogP) is 4.06. The van der Waals surface area contributed by atoms with E-state index < -0.39 is 0 Å². The first-order valence-electron chi connectivity index (χ1n) is 12.4. The van der Waals surface area contributed by atoms with Crippen molar-refractivity contribution in [1.29, 1.82) is 5.26 Å². The van der Waals surface area contributed by atoms with E-state index in [1.807, 2.05) is 64.2 Å². The summed E-state index contributed by atoms with van der Waals surface area (Å²) in [6.07, 6.45) is 6.99. The van der Waals surface area contributed by atoms with Crippen molar-refractivity contribution in [3.05, 3.63) is 82.7 Å². The third-order valence-corrected chi connectivity index (χ3v) is 7.02. The number of fused-ring (bicyclic) bond motifs is 1. The minimum absolute atomic E-state index is 0.121. The van der Waals surface area contributed by atoms with Gasteiger partial charge in [0.15, 0.2) is 0 Å². The summed E-state index contributed by atoms with van der Waals surface area (Å²) in [6.45, 7) is 2.54. The fourth-order valence-electron chi connectivity index (χ4n) is 5.13. The first-order valence-corrected chi connectivity index (χ1v) is 12.4. The molecule has 34 heavy (non-hydrogen) atoms. The molecule has 2 aliphatic rings. The van der Waals surface area contributed by atoms with Gasteiger partial charge in [-0.05, 0) is 81.3 Å². The Balaban J connectivity index is 1.34. The molecule has 1 aliphatic carbocycles. The quantitative estimate of drug-likeness (QED) is 0.611. The Morgan fingerprint density at radius 2 is 1.82 bits per heavy atom. The Kier molecular flexibility index (Phi) is 6.73. The average molecular weight is 454 g/mol. The van der Waals surface area contributed by atoms with Crippen LogP contribution in [0.5, 0.6) is 0 Å². The highest BCUT2D eigenvalue weighted by Crippen LogP contribution is 2.28. The molecule has 0 bridgehead atoms. The van der Waals surface area contributed by atoms with Crippen molar-refractivity contribution >= 4 is 5.91 Å². The highest BCUT2D eigenvalue weighted by Gasteiger charge is 2.32. The summed E-state index contributed by atoms with van der Waals surface area (Å²) in [7, 11) is 0. The number of hydrogen-bond donors (Lipinski definition) is 1. The first-order chi connectivity index (χ1) is 16.7. The Labute approximate surface area is 201 Å². The van der Waals surface area contributed by atoms with Gasteiger partial charge in [-0.15, -0.1) is 0 Å². The number of carbonyl (C=O) groups excluding carboxylic acids is 1. The van der Waals surface area contributed by atoms with Crippen molar-refractivity contribution in [3.8, 4) is 11.8 Å². The highest BCUT2D eigenvalue weighted by molar-refractivity contribution is 5.95. The topological polar surface area (TPSA) is 74.0 Å². The molecule has 2 heterocycles. The van der Waals surface area contributed by atoms with Crippen LogP contribution in [-0.4, -0.2) is 46.3 Å². The van der Waals surface area contributed by atoms with Gasteiger partial charge in [-0.1, -0.05) is 30.3 Å². The van der Waals surface area contributed by atoms with Crippen LogP contribution in [0, 0.1) is 11.3 Å². The van der Waals surface area contributed by atoms with E-state index in [9.17, 15) is 4.79 Å². The van der Waals surface area contributed by atoms with Gasteiger partial charge in [0.05, 0.1) is 23.0 Å². The average Bonchev–Trinajstić information content (AvgIpc) is 3.28. The first kappa shape index (κ1) is 22.4. The van der Waals surface area contributed by atoms with E-state index in [0.29, 0.717) is 11.6 Å². The number of nitriles is 1. The van der Waals surface area contributed by atoms with Crippen LogP contribution in [-0.2, 0) is 19.3 Å². The van der Waals surface area contributed by atoms with Crippen LogP contribution >= 0.6 is 0 Å². The van der Waals surface area contributed by atoms with Gasteiger partial charge in [-0.3, -0.25) is 4.79 Å². The number of amides is 1. The molecule has 1 unspecified atom stereocenters. The lowest BCUT2D eigenvalue weighted by Gasteiger charge is -2.28. The largest absolute Gasteiger partial charge is 0.337 e. The van der Waals surface area contributed by atoms with E-state index in [1.165, 1.54) is 12.0 Å². The molecule has 1 aliphatic heterocycles. The molecule has 5 rings (SSSR count). The molecule has 1 atom stereocenters. The maximum atomic E-state index is 13.7. The van der Waals surface area contributed by atoms with Gasteiger partial charge in [0, 0.05) is 24.7 Å². The molecule has 2 aromatic carbocycles. The highest BCUT2D eigenvalue weighted by atomic mass is 16.2. The number of para-hydroxylation sites is 1. The molecule has 6 nitrogen and oxygen atoms in total. The summed E-state index contributed by atoms with van der Waals surface area (Å²) in [5, 5.41) is 17.6. The van der Waals surface area contributed by atoms with Crippen LogP contribution in [0.2, 0.25) is 0 Å². The zero-order chi connectivity index (χ0) is 23.3. The Hall–Kier alpha value is -3.43. The molecule has 174 valence electrons. The number of rotatable bonds is 6. The second kappa shape index (κ2) is 10.2. The SMILES string of the molecule is N#Cc1ccc(CCNC2CCc3nn(-c4ccccc4)c(C(=O)N4CCCCC4)c3C2)cc1. The van der Waals surface area contributed by atoms with Crippen LogP contribution in [0.4, 0.5) is 0 Å². The number of aryl methyl sites for hydroxylation is 1. The third-order valence-electron chi connectivity index (χ3n) is 7.02. The Bertz CT molecular complexity index is 1170. The smallest absolute Gasteiger partial charge is 0.272 e. The zero-order valence-corrected chi connectivity index (χ0v) is 19.5. The number of likely N-dealkylation sites (tertiary alicyclic amines) is 1. The van der Waals surface area contributed by atoms with Crippen LogP contribution in [0.3, 0.4) is 0 Å². The van der Waals surface area contributed by atoms with Crippen LogP contribution in [0.15, 0.2) is 54.6 Å². The zero-order valence-electron chi connectivity index (χ0n) is 19.5. The van der Waals surface area contributed by atoms with Crippen molar-refractivity contribution < 1.29 is 4.79 Å². The predicted molar refractivity (Wildman–Crippen MR) is 132 cm³/mol. The summed E-state index contributed by atoms with van der Waals surface area (Å²) >= 11 is 0. The summed E-state index contributed by atoms with van der Waals surface area (Å²) < 4.78 is 1.89. The number of piperidine rings is 1. The fraction of sp³-hybridized carbons (Fsp3) is 0.393. The fourth-order valence-corrected chi connectivity index (χ4v) is 5.13. The van der Waals surface area contributed by atoms with E-state index in [2.05, 4.69) is 11.4 Å². The Morgan fingerprint density at radius 3 is 2.56 bits per heavy atom. The van der Waals surface area contributed by atoms with Crippen molar-refractivity contribution in [1.82, 2.24) is 20.0 Å². The number of carbonyl (C=O) groups is 1.